The Bertz CT molecular complexity index is 562. The molecule has 9 heteroatoms. The van der Waals surface area contributed by atoms with Crippen molar-refractivity contribution < 1.29 is 21.6 Å². The van der Waals surface area contributed by atoms with Gasteiger partial charge in [0, 0.05) is 25.0 Å². The number of H-pyrrole nitrogens is 1. The number of hydrogen-bond donors (Lipinski definition) is 1. The van der Waals surface area contributed by atoms with Crippen molar-refractivity contribution in [3.05, 3.63) is 18.0 Å². The van der Waals surface area contributed by atoms with Gasteiger partial charge < -0.3 is 4.98 Å². The van der Waals surface area contributed by atoms with Gasteiger partial charge in [0.1, 0.15) is 0 Å². The van der Waals surface area contributed by atoms with E-state index in [2.05, 4.69) is 4.98 Å². The Kier molecular flexibility index (Phi) is 4.36. The standard InChI is InChI=1S/C11H14ClF3N2O2S/c12-6-9-5-10(7-16-9)20(18,19)17-3-1-8(2-4-17)11(13,14)15/h5,7-8,16H,1-4,6H2. The fraction of sp³-hybridized carbons (Fsp3) is 0.636. The van der Waals surface area contributed by atoms with Gasteiger partial charge in [-0.05, 0) is 18.9 Å². The summed E-state index contributed by atoms with van der Waals surface area (Å²) >= 11 is 5.58. The van der Waals surface area contributed by atoms with E-state index in [1.165, 1.54) is 12.3 Å². The fourth-order valence-corrected chi connectivity index (χ4v) is 3.86. The summed E-state index contributed by atoms with van der Waals surface area (Å²) in [6.45, 7) is -0.234. The maximum atomic E-state index is 12.5. The SMILES string of the molecule is O=S(=O)(c1c[nH]c(CCl)c1)N1CCC(C(F)(F)F)CC1. The summed E-state index contributed by atoms with van der Waals surface area (Å²) in [6.07, 6.45) is -3.34. The number of hydrogen-bond acceptors (Lipinski definition) is 2. The molecule has 0 atom stereocenters. The molecule has 1 aromatic heterocycles. The molecule has 0 saturated carbocycles. The van der Waals surface area contributed by atoms with Gasteiger partial charge in [0.15, 0.2) is 0 Å². The van der Waals surface area contributed by atoms with E-state index < -0.39 is 22.1 Å². The topological polar surface area (TPSA) is 53.2 Å². The van der Waals surface area contributed by atoms with Crippen LogP contribution < -0.4 is 0 Å². The molecule has 1 aromatic rings. The molecular weight excluding hydrogens is 317 g/mol. The van der Waals surface area contributed by atoms with Crippen LogP contribution >= 0.6 is 11.6 Å². The summed E-state index contributed by atoms with van der Waals surface area (Å²) in [4.78, 5) is 2.76. The monoisotopic (exact) mass is 330 g/mol. The van der Waals surface area contributed by atoms with Crippen LogP contribution in [0.25, 0.3) is 0 Å². The average molecular weight is 331 g/mol. The van der Waals surface area contributed by atoms with Gasteiger partial charge in [-0.1, -0.05) is 0 Å². The van der Waals surface area contributed by atoms with Gasteiger partial charge in [0.25, 0.3) is 0 Å². The molecule has 1 fully saturated rings. The fourth-order valence-electron chi connectivity index (χ4n) is 2.22. The zero-order valence-corrected chi connectivity index (χ0v) is 12.0. The van der Waals surface area contributed by atoms with Crippen molar-refractivity contribution in [2.75, 3.05) is 13.1 Å². The minimum Gasteiger partial charge on any atom is -0.363 e. The zero-order chi connectivity index (χ0) is 15.0. The largest absolute Gasteiger partial charge is 0.391 e. The van der Waals surface area contributed by atoms with Crippen molar-refractivity contribution in [3.8, 4) is 0 Å². The number of rotatable bonds is 3. The first-order valence-corrected chi connectivity index (χ1v) is 8.02. The predicted molar refractivity (Wildman–Crippen MR) is 67.9 cm³/mol. The van der Waals surface area contributed by atoms with E-state index in [4.69, 9.17) is 11.6 Å². The van der Waals surface area contributed by atoms with Crippen LogP contribution in [0.5, 0.6) is 0 Å². The third-order valence-corrected chi connectivity index (χ3v) is 5.58. The van der Waals surface area contributed by atoms with Crippen LogP contribution in [-0.4, -0.2) is 37.0 Å². The predicted octanol–water partition coefficient (Wildman–Crippen LogP) is 2.72. The maximum absolute atomic E-state index is 12.5. The summed E-state index contributed by atoms with van der Waals surface area (Å²) in [7, 11) is -3.74. The first-order chi connectivity index (χ1) is 9.25. The molecule has 2 rings (SSSR count). The van der Waals surface area contributed by atoms with E-state index in [0.29, 0.717) is 5.69 Å². The summed E-state index contributed by atoms with van der Waals surface area (Å²) in [5.41, 5.74) is 0.551. The van der Waals surface area contributed by atoms with Crippen molar-refractivity contribution >= 4 is 21.6 Å². The molecule has 1 N–H and O–H groups in total. The van der Waals surface area contributed by atoms with Crippen molar-refractivity contribution in [2.24, 2.45) is 5.92 Å². The van der Waals surface area contributed by atoms with Crippen LogP contribution in [0, 0.1) is 5.92 Å². The number of halogens is 4. The minimum absolute atomic E-state index is 0.0404. The summed E-state index contributed by atoms with van der Waals surface area (Å²) in [5.74, 6) is -1.27. The second-order valence-corrected chi connectivity index (χ2v) is 6.92. The van der Waals surface area contributed by atoms with Gasteiger partial charge in [-0.15, -0.1) is 11.6 Å². The molecule has 0 radical (unpaired) electrons. The van der Waals surface area contributed by atoms with Crippen LogP contribution in [-0.2, 0) is 15.9 Å². The van der Waals surface area contributed by atoms with Gasteiger partial charge in [0.05, 0.1) is 16.7 Å². The molecule has 1 saturated heterocycles. The molecule has 0 unspecified atom stereocenters. The Morgan fingerprint density at radius 2 is 1.95 bits per heavy atom. The number of sulfonamides is 1. The Balaban J connectivity index is 2.09. The molecular formula is C11H14ClF3N2O2S. The van der Waals surface area contributed by atoms with E-state index in [9.17, 15) is 21.6 Å². The molecule has 0 amide bonds. The lowest BCUT2D eigenvalue weighted by molar-refractivity contribution is -0.182. The zero-order valence-electron chi connectivity index (χ0n) is 10.5. The number of aromatic amines is 1. The smallest absolute Gasteiger partial charge is 0.363 e. The molecule has 1 aliphatic heterocycles. The van der Waals surface area contributed by atoms with Gasteiger partial charge in [0.2, 0.25) is 10.0 Å². The van der Waals surface area contributed by atoms with Crippen LogP contribution in [0.4, 0.5) is 13.2 Å². The van der Waals surface area contributed by atoms with E-state index in [1.54, 1.807) is 0 Å². The number of piperidine rings is 1. The highest BCUT2D eigenvalue weighted by Gasteiger charge is 2.43. The van der Waals surface area contributed by atoms with E-state index in [0.717, 1.165) is 4.31 Å². The highest BCUT2D eigenvalue weighted by Crippen LogP contribution is 2.35. The van der Waals surface area contributed by atoms with Crippen molar-refractivity contribution in [2.45, 2.75) is 29.8 Å². The van der Waals surface area contributed by atoms with Gasteiger partial charge in [-0.25, -0.2) is 8.42 Å². The van der Waals surface area contributed by atoms with Crippen molar-refractivity contribution in [1.82, 2.24) is 9.29 Å². The molecule has 114 valence electrons. The number of nitrogens with zero attached hydrogens (tertiary/aromatic N) is 1. The summed E-state index contributed by atoms with van der Waals surface area (Å²) in [5, 5.41) is 0. The van der Waals surface area contributed by atoms with Crippen LogP contribution in [0.1, 0.15) is 18.5 Å². The van der Waals surface area contributed by atoms with Crippen molar-refractivity contribution in [1.29, 1.82) is 0 Å². The lowest BCUT2D eigenvalue weighted by Crippen LogP contribution is -2.41. The van der Waals surface area contributed by atoms with Crippen LogP contribution in [0.15, 0.2) is 17.2 Å². The number of alkyl halides is 4. The summed E-state index contributed by atoms with van der Waals surface area (Å²) < 4.78 is 63.3. The number of nitrogens with one attached hydrogen (secondary N) is 1. The van der Waals surface area contributed by atoms with Gasteiger partial charge >= 0.3 is 6.18 Å². The maximum Gasteiger partial charge on any atom is 0.391 e. The molecule has 4 nitrogen and oxygen atoms in total. The first kappa shape index (κ1) is 15.7. The second kappa shape index (κ2) is 5.57. The molecule has 0 spiro atoms. The Labute approximate surface area is 120 Å². The Hall–Kier alpha value is -0.730. The average Bonchev–Trinajstić information content (AvgIpc) is 2.87. The third-order valence-electron chi connectivity index (χ3n) is 3.41. The minimum atomic E-state index is -4.25. The molecule has 0 bridgehead atoms. The van der Waals surface area contributed by atoms with E-state index >= 15 is 0 Å². The third kappa shape index (κ3) is 3.12. The Morgan fingerprint density at radius 1 is 1.35 bits per heavy atom. The van der Waals surface area contributed by atoms with E-state index in [-0.39, 0.29) is 36.7 Å². The summed E-state index contributed by atoms with van der Waals surface area (Å²) in [6, 6.07) is 1.40. The van der Waals surface area contributed by atoms with E-state index in [1.807, 2.05) is 0 Å². The molecule has 20 heavy (non-hydrogen) atoms. The molecule has 1 aliphatic rings. The highest BCUT2D eigenvalue weighted by molar-refractivity contribution is 7.89. The lowest BCUT2D eigenvalue weighted by Gasteiger charge is -2.31. The molecule has 0 aliphatic carbocycles. The quantitative estimate of drug-likeness (QED) is 0.866. The Morgan fingerprint density at radius 3 is 2.40 bits per heavy atom. The van der Waals surface area contributed by atoms with Crippen LogP contribution in [0.3, 0.4) is 0 Å². The second-order valence-electron chi connectivity index (χ2n) is 4.71. The molecule has 2 heterocycles. The number of aromatic nitrogens is 1. The normalized spacial score (nSPS) is 19.4. The lowest BCUT2D eigenvalue weighted by atomic mass is 9.98. The first-order valence-electron chi connectivity index (χ1n) is 6.05. The van der Waals surface area contributed by atoms with Crippen molar-refractivity contribution in [3.63, 3.8) is 0 Å². The van der Waals surface area contributed by atoms with Crippen LogP contribution in [0.2, 0.25) is 0 Å². The van der Waals surface area contributed by atoms with Gasteiger partial charge in [-0.3, -0.25) is 0 Å². The molecule has 0 aromatic carbocycles. The highest BCUT2D eigenvalue weighted by atomic mass is 35.5. The van der Waals surface area contributed by atoms with Gasteiger partial charge in [-0.2, -0.15) is 17.5 Å².